The summed E-state index contributed by atoms with van der Waals surface area (Å²) in [5, 5.41) is 10.7. The van der Waals surface area contributed by atoms with Gasteiger partial charge >= 0.3 is 0 Å². The van der Waals surface area contributed by atoms with Crippen molar-refractivity contribution in [1.82, 2.24) is 9.38 Å². The Kier molecular flexibility index (Phi) is 4.41. The van der Waals surface area contributed by atoms with E-state index in [0.717, 1.165) is 46.8 Å². The second kappa shape index (κ2) is 7.09. The Labute approximate surface area is 175 Å². The molecular formula is C24H21ClN4. The van der Waals surface area contributed by atoms with Crippen molar-refractivity contribution in [2.45, 2.75) is 26.2 Å². The van der Waals surface area contributed by atoms with Gasteiger partial charge in [0.15, 0.2) is 5.65 Å². The number of imidazole rings is 1. The predicted molar refractivity (Wildman–Crippen MR) is 118 cm³/mol. The van der Waals surface area contributed by atoms with E-state index in [-0.39, 0.29) is 0 Å². The largest absolute Gasteiger partial charge is 0.357 e. The topological polar surface area (TPSA) is 44.3 Å². The molecule has 5 heteroatoms. The Morgan fingerprint density at radius 2 is 1.79 bits per heavy atom. The lowest BCUT2D eigenvalue weighted by Gasteiger charge is -2.26. The molecule has 0 aliphatic carbocycles. The third-order valence-corrected chi connectivity index (χ3v) is 6.16. The third-order valence-electron chi connectivity index (χ3n) is 5.91. The van der Waals surface area contributed by atoms with Crippen molar-refractivity contribution in [2.24, 2.45) is 0 Å². The van der Waals surface area contributed by atoms with E-state index in [1.807, 2.05) is 30.3 Å². The number of para-hydroxylation sites is 2. The summed E-state index contributed by atoms with van der Waals surface area (Å²) < 4.78 is 2.21. The number of halogens is 1. The van der Waals surface area contributed by atoms with Gasteiger partial charge in [-0.25, -0.2) is 4.98 Å². The molecule has 1 saturated heterocycles. The Balaban J connectivity index is 1.85. The summed E-state index contributed by atoms with van der Waals surface area (Å²) in [5.74, 6) is 1.18. The molecule has 0 unspecified atom stereocenters. The Morgan fingerprint density at radius 3 is 2.52 bits per heavy atom. The van der Waals surface area contributed by atoms with Crippen molar-refractivity contribution in [3.8, 4) is 6.07 Å². The summed E-state index contributed by atoms with van der Waals surface area (Å²) in [5.41, 5.74) is 6.80. The van der Waals surface area contributed by atoms with Crippen LogP contribution >= 0.6 is 11.6 Å². The Hall–Kier alpha value is -3.03. The molecule has 0 amide bonds. The van der Waals surface area contributed by atoms with Crippen molar-refractivity contribution in [1.29, 1.82) is 5.26 Å². The smallest absolute Gasteiger partial charge is 0.157 e. The van der Waals surface area contributed by atoms with Crippen LogP contribution in [-0.4, -0.2) is 22.5 Å². The molecule has 4 nitrogen and oxygen atoms in total. The zero-order chi connectivity index (χ0) is 20.0. The number of nitrogens with zero attached hydrogens (tertiary/aromatic N) is 4. The molecular weight excluding hydrogens is 380 g/mol. The van der Waals surface area contributed by atoms with Gasteiger partial charge in [0, 0.05) is 30.1 Å². The minimum absolute atomic E-state index is 0.660. The summed E-state index contributed by atoms with van der Waals surface area (Å²) in [4.78, 5) is 7.29. The van der Waals surface area contributed by atoms with Crippen molar-refractivity contribution < 1.29 is 0 Å². The molecule has 1 fully saturated rings. The van der Waals surface area contributed by atoms with Crippen LogP contribution < -0.4 is 4.90 Å². The number of nitriles is 1. The maximum absolute atomic E-state index is 9.99. The lowest BCUT2D eigenvalue weighted by molar-refractivity contribution is 0.900. The van der Waals surface area contributed by atoms with Gasteiger partial charge in [0.05, 0.1) is 16.6 Å². The van der Waals surface area contributed by atoms with E-state index in [1.165, 1.54) is 29.8 Å². The first-order chi connectivity index (χ1) is 14.2. The summed E-state index contributed by atoms with van der Waals surface area (Å²) >= 11 is 6.09. The van der Waals surface area contributed by atoms with Crippen molar-refractivity contribution in [3.05, 3.63) is 75.8 Å². The molecule has 5 rings (SSSR count). The molecule has 0 spiro atoms. The molecule has 0 radical (unpaired) electrons. The fourth-order valence-corrected chi connectivity index (χ4v) is 4.57. The average molecular weight is 401 g/mol. The van der Waals surface area contributed by atoms with Crippen LogP contribution in [0.2, 0.25) is 5.02 Å². The molecule has 29 heavy (non-hydrogen) atoms. The monoisotopic (exact) mass is 400 g/mol. The van der Waals surface area contributed by atoms with Gasteiger partial charge in [-0.1, -0.05) is 35.9 Å². The van der Waals surface area contributed by atoms with Gasteiger partial charge in [0.25, 0.3) is 0 Å². The lowest BCUT2D eigenvalue weighted by atomic mass is 9.97. The fraction of sp³-hybridized carbons (Fsp3) is 0.250. The molecule has 0 N–H and O–H groups in total. The zero-order valence-corrected chi connectivity index (χ0v) is 17.1. The molecule has 4 aromatic rings. The Morgan fingerprint density at radius 1 is 1.07 bits per heavy atom. The van der Waals surface area contributed by atoms with Crippen LogP contribution in [0.15, 0.2) is 48.5 Å². The van der Waals surface area contributed by atoms with E-state index in [9.17, 15) is 5.26 Å². The van der Waals surface area contributed by atoms with E-state index in [0.29, 0.717) is 5.56 Å². The number of hydrogen-bond acceptors (Lipinski definition) is 3. The van der Waals surface area contributed by atoms with Gasteiger partial charge in [-0.15, -0.1) is 0 Å². The second-order valence-corrected chi connectivity index (χ2v) is 8.11. The first kappa shape index (κ1) is 18.0. The molecule has 0 saturated carbocycles. The number of benzene rings is 2. The first-order valence-corrected chi connectivity index (χ1v) is 10.4. The fourth-order valence-electron chi connectivity index (χ4n) is 4.44. The van der Waals surface area contributed by atoms with E-state index >= 15 is 0 Å². The van der Waals surface area contributed by atoms with Crippen molar-refractivity contribution in [2.75, 3.05) is 18.0 Å². The number of anilines is 1. The van der Waals surface area contributed by atoms with Gasteiger partial charge < -0.3 is 4.90 Å². The lowest BCUT2D eigenvalue weighted by Crippen LogP contribution is -2.23. The second-order valence-electron chi connectivity index (χ2n) is 7.67. The summed E-state index contributed by atoms with van der Waals surface area (Å²) in [6.07, 6.45) is 3.13. The normalized spacial score (nSPS) is 14.0. The van der Waals surface area contributed by atoms with Crippen LogP contribution in [0, 0.1) is 18.3 Å². The number of fused-ring (bicyclic) bond motifs is 3. The quantitative estimate of drug-likeness (QED) is 0.455. The highest BCUT2D eigenvalue weighted by atomic mass is 35.5. The maximum atomic E-state index is 9.99. The SMILES string of the molecule is Cc1c(Cc2ccc(Cl)cc2)c(N2CCCC2)n2c(nc3ccccc32)c1C#N. The summed E-state index contributed by atoms with van der Waals surface area (Å²) in [7, 11) is 0. The standard InChI is InChI=1S/C24H21ClN4/c1-16-19(14-17-8-10-18(25)11-9-17)24(28-12-4-5-13-28)29-22-7-3-2-6-21(22)27-23(29)20(16)15-26/h2-3,6-11H,4-5,12-14H2,1H3. The van der Waals surface area contributed by atoms with E-state index < -0.39 is 0 Å². The number of pyridine rings is 1. The van der Waals surface area contributed by atoms with Gasteiger partial charge in [0.1, 0.15) is 11.9 Å². The number of hydrogen-bond donors (Lipinski definition) is 0. The van der Waals surface area contributed by atoms with E-state index in [4.69, 9.17) is 16.6 Å². The van der Waals surface area contributed by atoms with Crippen LogP contribution in [0.5, 0.6) is 0 Å². The van der Waals surface area contributed by atoms with Crippen molar-refractivity contribution >= 4 is 34.1 Å². The molecule has 3 heterocycles. The van der Waals surface area contributed by atoms with Gasteiger partial charge in [0.2, 0.25) is 0 Å². The third kappa shape index (κ3) is 2.94. The van der Waals surface area contributed by atoms with Crippen molar-refractivity contribution in [3.63, 3.8) is 0 Å². The highest BCUT2D eigenvalue weighted by molar-refractivity contribution is 6.30. The molecule has 2 aromatic carbocycles. The highest BCUT2D eigenvalue weighted by Gasteiger charge is 2.25. The van der Waals surface area contributed by atoms with Crippen LogP contribution in [0.4, 0.5) is 5.82 Å². The van der Waals surface area contributed by atoms with Crippen LogP contribution in [0.1, 0.15) is 35.1 Å². The van der Waals surface area contributed by atoms with E-state index in [1.54, 1.807) is 0 Å². The minimum Gasteiger partial charge on any atom is -0.357 e. The first-order valence-electron chi connectivity index (χ1n) is 9.99. The molecule has 1 aliphatic rings. The van der Waals surface area contributed by atoms with Gasteiger partial charge in [-0.2, -0.15) is 5.26 Å². The predicted octanol–water partition coefficient (Wildman–Crippen LogP) is 5.51. The maximum Gasteiger partial charge on any atom is 0.157 e. The molecule has 0 atom stereocenters. The van der Waals surface area contributed by atoms with Crippen LogP contribution in [-0.2, 0) is 6.42 Å². The summed E-state index contributed by atoms with van der Waals surface area (Å²) in [6, 6.07) is 18.6. The average Bonchev–Trinajstić information content (AvgIpc) is 3.38. The molecule has 0 bridgehead atoms. The molecule has 2 aromatic heterocycles. The molecule has 1 aliphatic heterocycles. The van der Waals surface area contributed by atoms with Crippen LogP contribution in [0.25, 0.3) is 16.7 Å². The zero-order valence-electron chi connectivity index (χ0n) is 16.3. The van der Waals surface area contributed by atoms with Crippen LogP contribution in [0.3, 0.4) is 0 Å². The summed E-state index contributed by atoms with van der Waals surface area (Å²) in [6.45, 7) is 4.11. The minimum atomic E-state index is 0.660. The number of aromatic nitrogens is 2. The highest BCUT2D eigenvalue weighted by Crippen LogP contribution is 2.36. The van der Waals surface area contributed by atoms with E-state index in [2.05, 4.69) is 40.5 Å². The van der Waals surface area contributed by atoms with Gasteiger partial charge in [-0.3, -0.25) is 4.40 Å². The Bertz CT molecular complexity index is 1260. The molecule has 144 valence electrons. The van der Waals surface area contributed by atoms with Gasteiger partial charge in [-0.05, 0) is 55.2 Å². The number of rotatable bonds is 3.